The number of piperazine rings is 1. The second-order valence-corrected chi connectivity index (χ2v) is 6.16. The van der Waals surface area contributed by atoms with Crippen LogP contribution in [0.4, 0.5) is 10.2 Å². The van der Waals surface area contributed by atoms with E-state index in [0.29, 0.717) is 16.6 Å². The molecule has 0 spiro atoms. The Morgan fingerprint density at radius 1 is 1.09 bits per heavy atom. The highest BCUT2D eigenvalue weighted by molar-refractivity contribution is 6.36. The first kappa shape index (κ1) is 15.5. The summed E-state index contributed by atoms with van der Waals surface area (Å²) in [4.78, 5) is 8.68. The lowest BCUT2D eigenvalue weighted by molar-refractivity contribution is 0.246. The molecule has 22 heavy (non-hydrogen) atoms. The van der Waals surface area contributed by atoms with Crippen molar-refractivity contribution in [1.29, 1.82) is 0 Å². The lowest BCUT2D eigenvalue weighted by Gasteiger charge is -2.35. The average molecular weight is 340 g/mol. The first-order valence-corrected chi connectivity index (χ1v) is 7.91. The van der Waals surface area contributed by atoms with Crippen LogP contribution >= 0.6 is 23.2 Å². The molecule has 3 rings (SSSR count). The molecule has 0 aliphatic carbocycles. The van der Waals surface area contributed by atoms with E-state index in [1.54, 1.807) is 18.3 Å². The van der Waals surface area contributed by atoms with E-state index in [2.05, 4.69) is 14.8 Å². The number of rotatable bonds is 3. The van der Waals surface area contributed by atoms with Crippen molar-refractivity contribution in [3.05, 3.63) is 58.0 Å². The number of anilines is 1. The zero-order chi connectivity index (χ0) is 15.5. The molecule has 3 nitrogen and oxygen atoms in total. The van der Waals surface area contributed by atoms with Gasteiger partial charge in [-0.05, 0) is 12.1 Å². The molecule has 0 atom stereocenters. The summed E-state index contributed by atoms with van der Waals surface area (Å²) >= 11 is 12.1. The average Bonchev–Trinajstić information content (AvgIpc) is 2.51. The van der Waals surface area contributed by atoms with Gasteiger partial charge in [0.1, 0.15) is 11.6 Å². The van der Waals surface area contributed by atoms with Gasteiger partial charge < -0.3 is 4.90 Å². The second kappa shape index (κ2) is 6.82. The van der Waals surface area contributed by atoms with Gasteiger partial charge >= 0.3 is 0 Å². The molecule has 1 aliphatic rings. The van der Waals surface area contributed by atoms with Crippen LogP contribution in [-0.4, -0.2) is 36.1 Å². The van der Waals surface area contributed by atoms with Crippen molar-refractivity contribution >= 4 is 29.0 Å². The molecule has 1 aliphatic heterocycles. The maximum Gasteiger partial charge on any atom is 0.147 e. The molecule has 116 valence electrons. The van der Waals surface area contributed by atoms with Crippen molar-refractivity contribution in [3.63, 3.8) is 0 Å². The Bertz CT molecular complexity index is 658. The minimum atomic E-state index is -0.146. The van der Waals surface area contributed by atoms with Gasteiger partial charge in [0, 0.05) is 44.5 Å². The highest BCUT2D eigenvalue weighted by atomic mass is 35.5. The van der Waals surface area contributed by atoms with Crippen LogP contribution < -0.4 is 4.90 Å². The van der Waals surface area contributed by atoms with Gasteiger partial charge in [-0.15, -0.1) is 0 Å². The summed E-state index contributed by atoms with van der Waals surface area (Å²) in [5, 5.41) is 1.10. The Kier molecular flexibility index (Phi) is 4.81. The van der Waals surface area contributed by atoms with Gasteiger partial charge in [-0.2, -0.15) is 0 Å². The van der Waals surface area contributed by atoms with E-state index < -0.39 is 0 Å². The fraction of sp³-hybridized carbons (Fsp3) is 0.312. The Morgan fingerprint density at radius 3 is 2.50 bits per heavy atom. The van der Waals surface area contributed by atoms with Crippen molar-refractivity contribution in [1.82, 2.24) is 9.88 Å². The van der Waals surface area contributed by atoms with Gasteiger partial charge in [-0.25, -0.2) is 9.37 Å². The lowest BCUT2D eigenvalue weighted by atomic mass is 10.2. The predicted octanol–water partition coefficient (Wildman–Crippen LogP) is 3.85. The summed E-state index contributed by atoms with van der Waals surface area (Å²) in [6.45, 7) is 3.93. The normalized spacial score (nSPS) is 16.0. The Balaban J connectivity index is 1.62. The van der Waals surface area contributed by atoms with Crippen molar-refractivity contribution < 1.29 is 4.39 Å². The lowest BCUT2D eigenvalue weighted by Crippen LogP contribution is -2.46. The summed E-state index contributed by atoms with van der Waals surface area (Å²) in [5.41, 5.74) is 0.735. The van der Waals surface area contributed by atoms with E-state index in [4.69, 9.17) is 23.2 Å². The highest BCUT2D eigenvalue weighted by Crippen LogP contribution is 2.27. The van der Waals surface area contributed by atoms with E-state index >= 15 is 0 Å². The third-order valence-electron chi connectivity index (χ3n) is 3.81. The zero-order valence-corrected chi connectivity index (χ0v) is 13.5. The number of benzene rings is 1. The summed E-state index contributed by atoms with van der Waals surface area (Å²) in [5.74, 6) is 0.615. The highest BCUT2D eigenvalue weighted by Gasteiger charge is 2.20. The fourth-order valence-electron chi connectivity index (χ4n) is 2.63. The van der Waals surface area contributed by atoms with E-state index in [9.17, 15) is 4.39 Å². The number of nitrogens with zero attached hydrogens (tertiary/aromatic N) is 3. The van der Waals surface area contributed by atoms with Crippen LogP contribution in [0, 0.1) is 5.82 Å². The Morgan fingerprint density at radius 2 is 1.82 bits per heavy atom. The van der Waals surface area contributed by atoms with Crippen molar-refractivity contribution in [2.45, 2.75) is 6.54 Å². The standard InChI is InChI=1S/C16H16Cl2FN3/c17-13-9-14(18)16(20-10-13)22-7-5-21(6-8-22)11-12-3-1-2-4-15(12)19/h1-4,9-10H,5-8,11H2. The quantitative estimate of drug-likeness (QED) is 0.846. The molecule has 0 amide bonds. The fourth-order valence-corrected chi connectivity index (χ4v) is 3.12. The number of pyridine rings is 1. The molecule has 0 saturated carbocycles. The number of halogens is 3. The smallest absolute Gasteiger partial charge is 0.147 e. The van der Waals surface area contributed by atoms with Gasteiger partial charge in [-0.1, -0.05) is 41.4 Å². The van der Waals surface area contributed by atoms with E-state index in [1.807, 2.05) is 12.1 Å². The topological polar surface area (TPSA) is 19.4 Å². The molecule has 1 fully saturated rings. The van der Waals surface area contributed by atoms with Crippen LogP contribution in [0.3, 0.4) is 0 Å². The summed E-state index contributed by atoms with van der Waals surface area (Å²) in [6, 6.07) is 8.62. The third kappa shape index (κ3) is 3.51. The second-order valence-electron chi connectivity index (χ2n) is 5.31. The molecule has 0 radical (unpaired) electrons. The molecule has 1 saturated heterocycles. The minimum Gasteiger partial charge on any atom is -0.353 e. The number of hydrogen-bond acceptors (Lipinski definition) is 3. The Hall–Kier alpha value is -1.36. The third-order valence-corrected chi connectivity index (χ3v) is 4.30. The van der Waals surface area contributed by atoms with Crippen LogP contribution in [0.1, 0.15) is 5.56 Å². The first-order valence-electron chi connectivity index (χ1n) is 7.15. The van der Waals surface area contributed by atoms with Gasteiger partial charge in [0.25, 0.3) is 0 Å². The molecule has 0 N–H and O–H groups in total. The van der Waals surface area contributed by atoms with Crippen LogP contribution in [0.15, 0.2) is 36.5 Å². The monoisotopic (exact) mass is 339 g/mol. The van der Waals surface area contributed by atoms with Crippen LogP contribution in [0.25, 0.3) is 0 Å². The zero-order valence-electron chi connectivity index (χ0n) is 12.0. The van der Waals surface area contributed by atoms with Crippen LogP contribution in [0.5, 0.6) is 0 Å². The van der Waals surface area contributed by atoms with Crippen molar-refractivity contribution in [2.24, 2.45) is 0 Å². The van der Waals surface area contributed by atoms with Gasteiger partial charge in [0.2, 0.25) is 0 Å². The largest absolute Gasteiger partial charge is 0.353 e. The molecule has 2 aromatic rings. The molecule has 0 unspecified atom stereocenters. The molecule has 1 aromatic heterocycles. The van der Waals surface area contributed by atoms with Gasteiger partial charge in [0.05, 0.1) is 10.0 Å². The molecule has 0 bridgehead atoms. The first-order chi connectivity index (χ1) is 10.6. The predicted molar refractivity (Wildman–Crippen MR) is 88.1 cm³/mol. The van der Waals surface area contributed by atoms with Gasteiger partial charge in [-0.3, -0.25) is 4.90 Å². The van der Waals surface area contributed by atoms with E-state index in [-0.39, 0.29) is 5.82 Å². The van der Waals surface area contributed by atoms with Crippen LogP contribution in [-0.2, 0) is 6.54 Å². The molecule has 2 heterocycles. The summed E-state index contributed by atoms with van der Waals surface area (Å²) in [7, 11) is 0. The maximum absolute atomic E-state index is 13.7. The van der Waals surface area contributed by atoms with E-state index in [1.165, 1.54) is 6.07 Å². The molecular formula is C16H16Cl2FN3. The molecular weight excluding hydrogens is 324 g/mol. The summed E-state index contributed by atoms with van der Waals surface area (Å²) < 4.78 is 13.7. The van der Waals surface area contributed by atoms with Crippen molar-refractivity contribution in [3.8, 4) is 0 Å². The minimum absolute atomic E-state index is 0.146. The van der Waals surface area contributed by atoms with Gasteiger partial charge in [0.15, 0.2) is 0 Å². The summed E-state index contributed by atoms with van der Waals surface area (Å²) in [6.07, 6.45) is 1.61. The number of hydrogen-bond donors (Lipinski definition) is 0. The van der Waals surface area contributed by atoms with Crippen LogP contribution in [0.2, 0.25) is 10.0 Å². The molecule has 6 heteroatoms. The maximum atomic E-state index is 13.7. The van der Waals surface area contributed by atoms with E-state index in [0.717, 1.165) is 37.6 Å². The number of aromatic nitrogens is 1. The SMILES string of the molecule is Fc1ccccc1CN1CCN(c2ncc(Cl)cc2Cl)CC1. The van der Waals surface area contributed by atoms with Crippen molar-refractivity contribution in [2.75, 3.05) is 31.1 Å². The molecule has 1 aromatic carbocycles. The Labute approximate surface area is 139 Å².